The number of nitrogens with zero attached hydrogens (tertiary/aromatic N) is 1. The molecule has 0 N–H and O–H groups in total. The Balaban J connectivity index is 1.21. The third kappa shape index (κ3) is 5.60. The summed E-state index contributed by atoms with van der Waals surface area (Å²) in [5.74, 6) is 0. The Labute approximate surface area is 308 Å². The van der Waals surface area contributed by atoms with Gasteiger partial charge >= 0.3 is 274 Å². The van der Waals surface area contributed by atoms with E-state index in [1.807, 2.05) is 0 Å². The van der Waals surface area contributed by atoms with Gasteiger partial charge in [-0.1, -0.05) is 30.3 Å². The van der Waals surface area contributed by atoms with E-state index in [9.17, 15) is 0 Å². The Bertz CT molecular complexity index is 2510. The molecule has 0 spiro atoms. The van der Waals surface area contributed by atoms with Crippen molar-refractivity contribution in [3.8, 4) is 11.1 Å². The average molecular weight is 724 g/mol. The monoisotopic (exact) mass is 725 g/mol. The van der Waals surface area contributed by atoms with E-state index >= 15 is 0 Å². The first-order chi connectivity index (χ1) is 25.8. The number of hydrogen-bond acceptors (Lipinski definition) is 1. The van der Waals surface area contributed by atoms with E-state index in [1.165, 1.54) is 50.3 Å². The van der Waals surface area contributed by atoms with Gasteiger partial charge in [0.05, 0.1) is 0 Å². The summed E-state index contributed by atoms with van der Waals surface area (Å²) in [6, 6.07) is 82.7. The van der Waals surface area contributed by atoms with Gasteiger partial charge in [-0.2, -0.15) is 0 Å². The van der Waals surface area contributed by atoms with Gasteiger partial charge in [0.15, 0.2) is 0 Å². The van der Waals surface area contributed by atoms with Crippen LogP contribution < -0.4 is 22.5 Å². The van der Waals surface area contributed by atoms with Crippen LogP contribution >= 0.6 is 0 Å². The van der Waals surface area contributed by atoms with Crippen LogP contribution in [0.4, 0.5) is 17.1 Å². The zero-order valence-corrected chi connectivity index (χ0v) is 30.9. The van der Waals surface area contributed by atoms with Crippen LogP contribution in [-0.2, 0) is 0 Å². The molecule has 0 amide bonds. The van der Waals surface area contributed by atoms with Crippen molar-refractivity contribution in [3.05, 3.63) is 224 Å². The average Bonchev–Trinajstić information content (AvgIpc) is 3.23. The van der Waals surface area contributed by atoms with Crippen LogP contribution in [0.25, 0.3) is 32.7 Å². The Morgan fingerprint density at radius 1 is 0.308 bits per heavy atom. The van der Waals surface area contributed by atoms with Crippen molar-refractivity contribution in [2.24, 2.45) is 0 Å². The molecular weight excluding hydrogens is 687 g/mol. The predicted octanol–water partition coefficient (Wildman–Crippen LogP) is 10.5. The number of hydrogen-bond donors (Lipinski definition) is 0. The minimum atomic E-state index is -3.48. The quantitative estimate of drug-likeness (QED) is 0.141. The molecule has 0 aliphatic carbocycles. The molecule has 9 aromatic rings. The number of fused-ring (bicyclic) bond motifs is 2. The van der Waals surface area contributed by atoms with Gasteiger partial charge in [0.1, 0.15) is 0 Å². The second-order valence-corrected chi connectivity index (χ2v) is 21.2. The summed E-state index contributed by atoms with van der Waals surface area (Å²) in [5.41, 5.74) is 5.84. The van der Waals surface area contributed by atoms with Crippen molar-refractivity contribution >= 4 is 69.5 Å². The Morgan fingerprint density at radius 3 is 1.37 bits per heavy atom. The maximum atomic E-state index is 2.45. The van der Waals surface area contributed by atoms with E-state index in [0.717, 1.165) is 17.1 Å². The summed E-state index contributed by atoms with van der Waals surface area (Å²) >= 11 is -3.48. The molecular formula is C50H37GeN. The topological polar surface area (TPSA) is 3.24 Å². The molecule has 0 atom stereocenters. The standard InChI is InChI=1S/C50H37GeN/c1-5-19-41(20-6-1)51(42-21-7-2-8-22-42,43-23-9-3-10-24-43)50-36-35-47(48-27-15-16-28-49(48)50)39-30-32-45(33-31-39)52(44-25-11-4-12-26-44)46-34-29-38-17-13-14-18-40(38)37-46/h1-37H. The van der Waals surface area contributed by atoms with Gasteiger partial charge in [0.25, 0.3) is 0 Å². The first kappa shape index (κ1) is 31.8. The molecule has 246 valence electrons. The molecule has 0 aliphatic heterocycles. The third-order valence-corrected chi connectivity index (χ3v) is 20.5. The molecule has 0 bridgehead atoms. The summed E-state index contributed by atoms with van der Waals surface area (Å²) in [6.07, 6.45) is 0. The minimum absolute atomic E-state index is 1.12. The second kappa shape index (κ2) is 13.9. The number of anilines is 3. The van der Waals surface area contributed by atoms with Crippen LogP contribution in [0.15, 0.2) is 224 Å². The van der Waals surface area contributed by atoms with Crippen molar-refractivity contribution in [1.82, 2.24) is 0 Å². The van der Waals surface area contributed by atoms with Gasteiger partial charge in [-0.3, -0.25) is 0 Å². The van der Waals surface area contributed by atoms with E-state index in [4.69, 9.17) is 0 Å². The number of benzene rings is 9. The predicted molar refractivity (Wildman–Crippen MR) is 225 cm³/mol. The molecule has 9 rings (SSSR count). The molecule has 9 aromatic carbocycles. The molecule has 1 nitrogen and oxygen atoms in total. The Hall–Kier alpha value is -6.16. The summed E-state index contributed by atoms with van der Waals surface area (Å²) in [6.45, 7) is 0. The van der Waals surface area contributed by atoms with E-state index in [2.05, 4.69) is 229 Å². The molecule has 52 heavy (non-hydrogen) atoms. The molecule has 0 fully saturated rings. The van der Waals surface area contributed by atoms with E-state index in [1.54, 1.807) is 0 Å². The van der Waals surface area contributed by atoms with Crippen molar-refractivity contribution in [2.45, 2.75) is 0 Å². The molecule has 0 aromatic heterocycles. The Kier molecular flexibility index (Phi) is 8.48. The molecule has 0 saturated carbocycles. The van der Waals surface area contributed by atoms with Gasteiger partial charge in [-0.25, -0.2) is 0 Å². The van der Waals surface area contributed by atoms with Crippen LogP contribution in [0.2, 0.25) is 0 Å². The summed E-state index contributed by atoms with van der Waals surface area (Å²) < 4.78 is 5.73. The second-order valence-electron chi connectivity index (χ2n) is 13.3. The Morgan fingerprint density at radius 2 is 0.769 bits per heavy atom. The summed E-state index contributed by atoms with van der Waals surface area (Å²) in [7, 11) is 0. The van der Waals surface area contributed by atoms with Gasteiger partial charge in [0, 0.05) is 0 Å². The van der Waals surface area contributed by atoms with Gasteiger partial charge < -0.3 is 0 Å². The molecule has 0 heterocycles. The molecule has 0 saturated heterocycles. The maximum absolute atomic E-state index is 3.48. The van der Waals surface area contributed by atoms with E-state index in [0.29, 0.717) is 0 Å². The zero-order chi connectivity index (χ0) is 34.7. The fraction of sp³-hybridized carbons (Fsp3) is 0. The van der Waals surface area contributed by atoms with Crippen LogP contribution in [-0.4, -0.2) is 13.3 Å². The molecule has 2 heteroatoms. The van der Waals surface area contributed by atoms with E-state index in [-0.39, 0.29) is 0 Å². The SMILES string of the molecule is c1ccc(N(c2ccc(-c3cc[c]([Ge]([c]4ccccc4)([c]4ccccc4)[c]4ccccc4)c4ccccc34)cc2)c2ccc3ccccc3c2)cc1. The molecule has 0 unspecified atom stereocenters. The van der Waals surface area contributed by atoms with Crippen molar-refractivity contribution in [1.29, 1.82) is 0 Å². The first-order valence-corrected chi connectivity index (χ1v) is 22.1. The zero-order valence-electron chi connectivity index (χ0n) is 28.8. The fourth-order valence-corrected chi connectivity index (χ4v) is 18.5. The molecule has 0 aliphatic rings. The van der Waals surface area contributed by atoms with Gasteiger partial charge in [-0.05, 0) is 5.39 Å². The normalized spacial score (nSPS) is 11.5. The first-order valence-electron chi connectivity index (χ1n) is 17.9. The van der Waals surface area contributed by atoms with Crippen molar-refractivity contribution < 1.29 is 0 Å². The number of rotatable bonds is 8. The van der Waals surface area contributed by atoms with Crippen molar-refractivity contribution in [3.63, 3.8) is 0 Å². The van der Waals surface area contributed by atoms with Crippen LogP contribution in [0.5, 0.6) is 0 Å². The van der Waals surface area contributed by atoms with E-state index < -0.39 is 13.3 Å². The fourth-order valence-electron chi connectivity index (χ4n) is 8.04. The summed E-state index contributed by atoms with van der Waals surface area (Å²) in [4.78, 5) is 2.35. The summed E-state index contributed by atoms with van der Waals surface area (Å²) in [5, 5.41) is 5.07. The van der Waals surface area contributed by atoms with Crippen molar-refractivity contribution in [2.75, 3.05) is 4.90 Å². The van der Waals surface area contributed by atoms with Gasteiger partial charge in [0.2, 0.25) is 0 Å². The van der Waals surface area contributed by atoms with Crippen LogP contribution in [0.3, 0.4) is 0 Å². The molecule has 0 radical (unpaired) electrons. The third-order valence-electron chi connectivity index (χ3n) is 10.4. The van der Waals surface area contributed by atoms with Crippen LogP contribution in [0.1, 0.15) is 0 Å². The van der Waals surface area contributed by atoms with Crippen LogP contribution in [0, 0.1) is 0 Å². The van der Waals surface area contributed by atoms with Gasteiger partial charge in [-0.15, -0.1) is 0 Å². The number of para-hydroxylation sites is 1.